The number of rotatable bonds is 3. The number of aromatic nitrogens is 1. The lowest BCUT2D eigenvalue weighted by molar-refractivity contribution is -0.141. The molecular weight excluding hydrogens is 235 g/mol. The number of primary amides is 1. The molecule has 0 aliphatic heterocycles. The number of carbonyl (C=O) groups is 1. The van der Waals surface area contributed by atoms with E-state index in [1.807, 2.05) is 0 Å². The average molecular weight is 245 g/mol. The number of anilines is 1. The number of hydrogen-bond acceptors (Lipinski definition) is 3. The number of nitrogens with zero attached hydrogens (tertiary/aromatic N) is 1. The predicted molar refractivity (Wildman–Crippen MR) is 54.4 cm³/mol. The van der Waals surface area contributed by atoms with E-state index in [1.165, 1.54) is 0 Å². The molecule has 0 aromatic carbocycles. The number of halogens is 3. The standard InChI is InChI=1S/C10H10F3N3O/c11-10(12,13)7-4-3-6(8(14)17)9(16-7)15-5-1-2-5/h3-5H,1-2H2,(H2,14,17)(H,15,16). The molecule has 1 amide bonds. The smallest absolute Gasteiger partial charge is 0.367 e. The van der Waals surface area contributed by atoms with E-state index in [0.717, 1.165) is 25.0 Å². The van der Waals surface area contributed by atoms with Crippen LogP contribution in [0.5, 0.6) is 0 Å². The van der Waals surface area contributed by atoms with Crippen LogP contribution in [-0.2, 0) is 6.18 Å². The summed E-state index contributed by atoms with van der Waals surface area (Å²) in [6, 6.07) is 1.88. The number of nitrogens with two attached hydrogens (primary N) is 1. The summed E-state index contributed by atoms with van der Waals surface area (Å²) in [6.45, 7) is 0. The van der Waals surface area contributed by atoms with Crippen LogP contribution in [-0.4, -0.2) is 16.9 Å². The van der Waals surface area contributed by atoms with Crippen molar-refractivity contribution in [2.75, 3.05) is 5.32 Å². The summed E-state index contributed by atoms with van der Waals surface area (Å²) in [6.07, 6.45) is -2.82. The molecule has 2 rings (SSSR count). The average Bonchev–Trinajstić information content (AvgIpc) is 2.99. The molecule has 1 saturated carbocycles. The molecule has 1 aromatic heterocycles. The molecule has 1 aromatic rings. The Morgan fingerprint density at radius 1 is 1.41 bits per heavy atom. The van der Waals surface area contributed by atoms with Gasteiger partial charge in [0, 0.05) is 6.04 Å². The Balaban J connectivity index is 2.38. The zero-order valence-corrected chi connectivity index (χ0v) is 8.71. The summed E-state index contributed by atoms with van der Waals surface area (Å²) in [5, 5.41) is 2.77. The molecule has 17 heavy (non-hydrogen) atoms. The van der Waals surface area contributed by atoms with E-state index < -0.39 is 17.8 Å². The van der Waals surface area contributed by atoms with Crippen molar-refractivity contribution in [1.82, 2.24) is 4.98 Å². The molecule has 1 aliphatic carbocycles. The maximum atomic E-state index is 12.4. The van der Waals surface area contributed by atoms with Crippen LogP contribution in [0.15, 0.2) is 12.1 Å². The van der Waals surface area contributed by atoms with Crippen molar-refractivity contribution >= 4 is 11.7 Å². The lowest BCUT2D eigenvalue weighted by Gasteiger charge is -2.11. The fourth-order valence-corrected chi connectivity index (χ4v) is 1.35. The van der Waals surface area contributed by atoms with E-state index >= 15 is 0 Å². The van der Waals surface area contributed by atoms with Crippen LogP contribution in [0.1, 0.15) is 28.9 Å². The first-order valence-electron chi connectivity index (χ1n) is 5.02. The van der Waals surface area contributed by atoms with Gasteiger partial charge in [-0.15, -0.1) is 0 Å². The van der Waals surface area contributed by atoms with Crippen LogP contribution in [0, 0.1) is 0 Å². The SMILES string of the molecule is NC(=O)c1ccc(C(F)(F)F)nc1NC1CC1. The van der Waals surface area contributed by atoms with Gasteiger partial charge in [0.05, 0.1) is 5.56 Å². The Labute approximate surface area is 95.0 Å². The van der Waals surface area contributed by atoms with Gasteiger partial charge in [0.2, 0.25) is 0 Å². The molecule has 0 bridgehead atoms. The van der Waals surface area contributed by atoms with Gasteiger partial charge >= 0.3 is 6.18 Å². The zero-order valence-electron chi connectivity index (χ0n) is 8.71. The summed E-state index contributed by atoms with van der Waals surface area (Å²) in [5.74, 6) is -0.885. The molecular formula is C10H10F3N3O. The summed E-state index contributed by atoms with van der Waals surface area (Å²) in [4.78, 5) is 14.5. The second kappa shape index (κ2) is 3.90. The van der Waals surface area contributed by atoms with Crippen LogP contribution in [0.2, 0.25) is 0 Å². The molecule has 0 unspecified atom stereocenters. The number of hydrogen-bond donors (Lipinski definition) is 2. The highest BCUT2D eigenvalue weighted by molar-refractivity contribution is 5.97. The van der Waals surface area contributed by atoms with Crippen molar-refractivity contribution in [3.05, 3.63) is 23.4 Å². The van der Waals surface area contributed by atoms with Crippen molar-refractivity contribution < 1.29 is 18.0 Å². The summed E-state index contributed by atoms with van der Waals surface area (Å²) in [7, 11) is 0. The van der Waals surface area contributed by atoms with E-state index in [0.29, 0.717) is 0 Å². The minimum Gasteiger partial charge on any atom is -0.367 e. The first-order valence-corrected chi connectivity index (χ1v) is 5.02. The Morgan fingerprint density at radius 3 is 2.53 bits per heavy atom. The van der Waals surface area contributed by atoms with E-state index in [9.17, 15) is 18.0 Å². The Morgan fingerprint density at radius 2 is 2.06 bits per heavy atom. The predicted octanol–water partition coefficient (Wildman–Crippen LogP) is 1.77. The fraction of sp³-hybridized carbons (Fsp3) is 0.400. The number of carbonyl (C=O) groups excluding carboxylic acids is 1. The van der Waals surface area contributed by atoms with Crippen molar-refractivity contribution in [2.24, 2.45) is 5.73 Å². The minimum atomic E-state index is -4.53. The van der Waals surface area contributed by atoms with Crippen LogP contribution in [0.25, 0.3) is 0 Å². The normalized spacial score (nSPS) is 15.7. The summed E-state index contributed by atoms with van der Waals surface area (Å²) in [5.41, 5.74) is 4.01. The zero-order chi connectivity index (χ0) is 12.6. The van der Waals surface area contributed by atoms with E-state index in [4.69, 9.17) is 5.73 Å². The molecule has 0 radical (unpaired) electrons. The highest BCUT2D eigenvalue weighted by atomic mass is 19.4. The van der Waals surface area contributed by atoms with Gasteiger partial charge in [0.15, 0.2) is 0 Å². The van der Waals surface area contributed by atoms with Gasteiger partial charge in [-0.2, -0.15) is 13.2 Å². The fourth-order valence-electron chi connectivity index (χ4n) is 1.35. The van der Waals surface area contributed by atoms with Gasteiger partial charge in [-0.25, -0.2) is 4.98 Å². The van der Waals surface area contributed by atoms with Gasteiger partial charge < -0.3 is 11.1 Å². The van der Waals surface area contributed by atoms with Gasteiger partial charge in [0.25, 0.3) is 5.91 Å². The summed E-state index contributed by atoms with van der Waals surface area (Å²) < 4.78 is 37.3. The van der Waals surface area contributed by atoms with Gasteiger partial charge in [-0.1, -0.05) is 0 Å². The molecule has 4 nitrogen and oxygen atoms in total. The number of pyridine rings is 1. The molecule has 92 valence electrons. The van der Waals surface area contributed by atoms with Crippen LogP contribution in [0.4, 0.5) is 19.0 Å². The maximum Gasteiger partial charge on any atom is 0.433 e. The monoisotopic (exact) mass is 245 g/mol. The summed E-state index contributed by atoms with van der Waals surface area (Å²) >= 11 is 0. The highest BCUT2D eigenvalue weighted by Gasteiger charge is 2.34. The van der Waals surface area contributed by atoms with Crippen LogP contribution < -0.4 is 11.1 Å². The van der Waals surface area contributed by atoms with Crippen molar-refractivity contribution in [2.45, 2.75) is 25.1 Å². The van der Waals surface area contributed by atoms with E-state index in [1.54, 1.807) is 0 Å². The number of alkyl halides is 3. The van der Waals surface area contributed by atoms with Gasteiger partial charge in [0.1, 0.15) is 11.5 Å². The third kappa shape index (κ3) is 2.66. The lowest BCUT2D eigenvalue weighted by atomic mass is 10.2. The molecule has 3 N–H and O–H groups in total. The van der Waals surface area contributed by atoms with E-state index in [2.05, 4.69) is 10.3 Å². The van der Waals surface area contributed by atoms with E-state index in [-0.39, 0.29) is 17.4 Å². The molecule has 1 aliphatic rings. The first-order chi connectivity index (χ1) is 7.88. The molecule has 7 heteroatoms. The van der Waals surface area contributed by atoms with Crippen LogP contribution in [0.3, 0.4) is 0 Å². The van der Waals surface area contributed by atoms with Gasteiger partial charge in [-0.3, -0.25) is 4.79 Å². The molecule has 1 fully saturated rings. The Kier molecular flexibility index (Phi) is 2.68. The van der Waals surface area contributed by atoms with Crippen molar-refractivity contribution in [1.29, 1.82) is 0 Å². The van der Waals surface area contributed by atoms with Crippen molar-refractivity contribution in [3.8, 4) is 0 Å². The largest absolute Gasteiger partial charge is 0.433 e. The number of nitrogens with one attached hydrogen (secondary N) is 1. The molecule has 1 heterocycles. The second-order valence-electron chi connectivity index (χ2n) is 3.87. The van der Waals surface area contributed by atoms with Crippen molar-refractivity contribution in [3.63, 3.8) is 0 Å². The first kappa shape index (κ1) is 11.7. The number of amides is 1. The van der Waals surface area contributed by atoms with Crippen LogP contribution >= 0.6 is 0 Å². The quantitative estimate of drug-likeness (QED) is 0.852. The molecule has 0 saturated heterocycles. The topological polar surface area (TPSA) is 68.0 Å². The lowest BCUT2D eigenvalue weighted by Crippen LogP contribution is -2.19. The third-order valence-electron chi connectivity index (χ3n) is 2.37. The highest BCUT2D eigenvalue weighted by Crippen LogP contribution is 2.31. The maximum absolute atomic E-state index is 12.4. The van der Waals surface area contributed by atoms with Gasteiger partial charge in [-0.05, 0) is 25.0 Å². The Hall–Kier alpha value is -1.79. The molecule has 0 atom stereocenters. The third-order valence-corrected chi connectivity index (χ3v) is 2.37. The minimum absolute atomic E-state index is 0.0232. The second-order valence-corrected chi connectivity index (χ2v) is 3.87. The molecule has 0 spiro atoms. The Bertz CT molecular complexity index is 455.